The lowest BCUT2D eigenvalue weighted by atomic mass is 10.0. The standard InChI is InChI=1S/C24H30N4O2/c1-3-28(4-2)21(18-11-6-5-7-12-18)17-25-23(29)16-10-15-22-26-20-14-9-8-13-19(20)24(30)27-22/h5-9,11-14,21H,3-4,10,15-17H2,1-2H3,(H,25,29)(H,26,27,30). The van der Waals surface area contributed by atoms with Crippen LogP contribution in [0.2, 0.25) is 0 Å². The van der Waals surface area contributed by atoms with E-state index < -0.39 is 0 Å². The summed E-state index contributed by atoms with van der Waals surface area (Å²) in [4.78, 5) is 34.2. The number of likely N-dealkylation sites (N-methyl/N-ethyl adjacent to an activating group) is 1. The molecule has 0 aliphatic rings. The molecule has 0 fully saturated rings. The number of carbonyl (C=O) groups excluding carboxylic acids is 1. The number of aromatic nitrogens is 2. The number of carbonyl (C=O) groups is 1. The molecule has 1 amide bonds. The van der Waals surface area contributed by atoms with E-state index in [0.717, 1.165) is 13.1 Å². The van der Waals surface area contributed by atoms with E-state index in [-0.39, 0.29) is 17.5 Å². The summed E-state index contributed by atoms with van der Waals surface area (Å²) in [5, 5.41) is 3.67. The van der Waals surface area contributed by atoms with E-state index >= 15 is 0 Å². The van der Waals surface area contributed by atoms with Crippen LogP contribution >= 0.6 is 0 Å². The maximum absolute atomic E-state index is 12.4. The highest BCUT2D eigenvalue weighted by atomic mass is 16.1. The number of rotatable bonds is 10. The van der Waals surface area contributed by atoms with E-state index in [1.165, 1.54) is 5.56 Å². The van der Waals surface area contributed by atoms with Crippen LogP contribution in [0, 0.1) is 0 Å². The van der Waals surface area contributed by atoms with E-state index in [4.69, 9.17) is 0 Å². The summed E-state index contributed by atoms with van der Waals surface area (Å²) in [6, 6.07) is 17.7. The first-order chi connectivity index (χ1) is 14.6. The van der Waals surface area contributed by atoms with Crippen molar-refractivity contribution in [1.29, 1.82) is 0 Å². The topological polar surface area (TPSA) is 78.1 Å². The van der Waals surface area contributed by atoms with Crippen molar-refractivity contribution in [1.82, 2.24) is 20.2 Å². The first kappa shape index (κ1) is 21.7. The predicted molar refractivity (Wildman–Crippen MR) is 120 cm³/mol. The highest BCUT2D eigenvalue weighted by molar-refractivity contribution is 5.77. The molecule has 1 unspecified atom stereocenters. The third-order valence-corrected chi connectivity index (χ3v) is 5.41. The maximum atomic E-state index is 12.4. The number of nitrogens with one attached hydrogen (secondary N) is 2. The first-order valence-electron chi connectivity index (χ1n) is 10.7. The van der Waals surface area contributed by atoms with Gasteiger partial charge in [0.05, 0.1) is 16.9 Å². The molecule has 2 aromatic carbocycles. The summed E-state index contributed by atoms with van der Waals surface area (Å²) in [7, 11) is 0. The van der Waals surface area contributed by atoms with Crippen molar-refractivity contribution in [2.75, 3.05) is 19.6 Å². The molecule has 6 nitrogen and oxygen atoms in total. The quantitative estimate of drug-likeness (QED) is 0.541. The third-order valence-electron chi connectivity index (χ3n) is 5.41. The lowest BCUT2D eigenvalue weighted by molar-refractivity contribution is -0.121. The molecule has 1 heterocycles. The second-order valence-electron chi connectivity index (χ2n) is 7.34. The van der Waals surface area contributed by atoms with Gasteiger partial charge < -0.3 is 10.3 Å². The van der Waals surface area contributed by atoms with Crippen LogP contribution in [0.5, 0.6) is 0 Å². The number of amides is 1. The summed E-state index contributed by atoms with van der Waals surface area (Å²) in [6.45, 7) is 6.70. The van der Waals surface area contributed by atoms with Gasteiger partial charge in [0.15, 0.2) is 0 Å². The van der Waals surface area contributed by atoms with E-state index in [0.29, 0.717) is 42.5 Å². The number of hydrogen-bond acceptors (Lipinski definition) is 4. The maximum Gasteiger partial charge on any atom is 0.258 e. The van der Waals surface area contributed by atoms with Gasteiger partial charge in [0, 0.05) is 19.4 Å². The normalized spacial score (nSPS) is 12.2. The summed E-state index contributed by atoms with van der Waals surface area (Å²) >= 11 is 0. The van der Waals surface area contributed by atoms with Gasteiger partial charge in [-0.25, -0.2) is 4.98 Å². The molecule has 30 heavy (non-hydrogen) atoms. The van der Waals surface area contributed by atoms with Crippen molar-refractivity contribution < 1.29 is 4.79 Å². The molecule has 0 aliphatic heterocycles. The first-order valence-corrected chi connectivity index (χ1v) is 10.7. The van der Waals surface area contributed by atoms with Crippen LogP contribution in [0.25, 0.3) is 10.9 Å². The molecule has 0 saturated carbocycles. The molecule has 6 heteroatoms. The molecule has 3 aromatic rings. The molecule has 1 aromatic heterocycles. The van der Waals surface area contributed by atoms with Gasteiger partial charge in [0.1, 0.15) is 5.82 Å². The molecule has 0 saturated heterocycles. The average molecular weight is 407 g/mol. The Bertz CT molecular complexity index is 1010. The molecule has 0 spiro atoms. The Balaban J connectivity index is 1.54. The molecular formula is C24H30N4O2. The zero-order chi connectivity index (χ0) is 21.3. The summed E-state index contributed by atoms with van der Waals surface area (Å²) < 4.78 is 0. The molecule has 0 radical (unpaired) electrons. The molecule has 2 N–H and O–H groups in total. The highest BCUT2D eigenvalue weighted by Crippen LogP contribution is 2.19. The van der Waals surface area contributed by atoms with Crippen molar-refractivity contribution in [3.8, 4) is 0 Å². The van der Waals surface area contributed by atoms with Crippen LogP contribution in [-0.4, -0.2) is 40.4 Å². The molecule has 0 bridgehead atoms. The van der Waals surface area contributed by atoms with Crippen molar-refractivity contribution in [3.05, 3.63) is 76.3 Å². The van der Waals surface area contributed by atoms with Gasteiger partial charge >= 0.3 is 0 Å². The van der Waals surface area contributed by atoms with Gasteiger partial charge in [0.2, 0.25) is 5.91 Å². The molecule has 0 aliphatic carbocycles. The Kier molecular flexibility index (Phi) is 7.74. The van der Waals surface area contributed by atoms with E-state index in [1.54, 1.807) is 6.07 Å². The molecule has 3 rings (SSSR count). The summed E-state index contributed by atoms with van der Waals surface area (Å²) in [5.74, 6) is 0.642. The fourth-order valence-electron chi connectivity index (χ4n) is 3.77. The van der Waals surface area contributed by atoms with Crippen LogP contribution in [0.4, 0.5) is 0 Å². The summed E-state index contributed by atoms with van der Waals surface area (Å²) in [6.07, 6.45) is 1.59. The summed E-state index contributed by atoms with van der Waals surface area (Å²) in [5.41, 5.74) is 1.76. The van der Waals surface area contributed by atoms with Gasteiger partial charge in [-0.2, -0.15) is 0 Å². The van der Waals surface area contributed by atoms with Crippen LogP contribution in [0.1, 0.15) is 44.1 Å². The number of aryl methyl sites for hydroxylation is 1. The molecular weight excluding hydrogens is 376 g/mol. The predicted octanol–water partition coefficient (Wildman–Crippen LogP) is 3.45. The highest BCUT2D eigenvalue weighted by Gasteiger charge is 2.18. The van der Waals surface area contributed by atoms with Crippen molar-refractivity contribution in [2.45, 2.75) is 39.2 Å². The van der Waals surface area contributed by atoms with Crippen LogP contribution < -0.4 is 10.9 Å². The SMILES string of the molecule is CCN(CC)C(CNC(=O)CCCc1nc2ccccc2c(=O)[nH]1)c1ccccc1. The van der Waals surface area contributed by atoms with Crippen LogP contribution in [0.15, 0.2) is 59.4 Å². The number of para-hydroxylation sites is 1. The largest absolute Gasteiger partial charge is 0.354 e. The fraction of sp³-hybridized carbons (Fsp3) is 0.375. The Morgan fingerprint density at radius 3 is 2.50 bits per heavy atom. The Morgan fingerprint density at radius 2 is 1.77 bits per heavy atom. The number of nitrogens with zero attached hydrogens (tertiary/aromatic N) is 2. The van der Waals surface area contributed by atoms with Crippen LogP contribution in [-0.2, 0) is 11.2 Å². The fourth-order valence-corrected chi connectivity index (χ4v) is 3.77. The third kappa shape index (κ3) is 5.54. The zero-order valence-electron chi connectivity index (χ0n) is 17.7. The lowest BCUT2D eigenvalue weighted by Crippen LogP contribution is -2.38. The number of fused-ring (bicyclic) bond motifs is 1. The number of hydrogen-bond donors (Lipinski definition) is 2. The smallest absolute Gasteiger partial charge is 0.258 e. The minimum absolute atomic E-state index is 0.0197. The minimum atomic E-state index is -0.134. The van der Waals surface area contributed by atoms with E-state index in [2.05, 4.69) is 46.2 Å². The van der Waals surface area contributed by atoms with Gasteiger partial charge in [-0.05, 0) is 37.2 Å². The van der Waals surface area contributed by atoms with Crippen LogP contribution in [0.3, 0.4) is 0 Å². The monoisotopic (exact) mass is 406 g/mol. The van der Waals surface area contributed by atoms with Gasteiger partial charge in [-0.3, -0.25) is 14.5 Å². The van der Waals surface area contributed by atoms with Crippen molar-refractivity contribution >= 4 is 16.8 Å². The van der Waals surface area contributed by atoms with Gasteiger partial charge in [0.25, 0.3) is 5.56 Å². The van der Waals surface area contributed by atoms with E-state index in [9.17, 15) is 9.59 Å². The molecule has 158 valence electrons. The van der Waals surface area contributed by atoms with Gasteiger partial charge in [-0.15, -0.1) is 0 Å². The Hall–Kier alpha value is -2.99. The Morgan fingerprint density at radius 1 is 1.07 bits per heavy atom. The van der Waals surface area contributed by atoms with Crippen molar-refractivity contribution in [3.63, 3.8) is 0 Å². The zero-order valence-corrected chi connectivity index (χ0v) is 17.7. The Labute approximate surface area is 177 Å². The number of aromatic amines is 1. The second-order valence-corrected chi connectivity index (χ2v) is 7.34. The molecule has 1 atom stereocenters. The average Bonchev–Trinajstić information content (AvgIpc) is 2.77. The van der Waals surface area contributed by atoms with E-state index in [1.807, 2.05) is 36.4 Å². The minimum Gasteiger partial charge on any atom is -0.354 e. The van der Waals surface area contributed by atoms with Crippen molar-refractivity contribution in [2.24, 2.45) is 0 Å². The lowest BCUT2D eigenvalue weighted by Gasteiger charge is -2.30. The van der Waals surface area contributed by atoms with Gasteiger partial charge in [-0.1, -0.05) is 56.3 Å². The number of H-pyrrole nitrogens is 1. The number of benzene rings is 2. The second kappa shape index (κ2) is 10.7.